The van der Waals surface area contributed by atoms with Gasteiger partial charge in [0, 0.05) is 46.3 Å². The molecule has 0 atom stereocenters. The van der Waals surface area contributed by atoms with Crippen molar-refractivity contribution in [1.82, 2.24) is 4.98 Å². The summed E-state index contributed by atoms with van der Waals surface area (Å²) >= 11 is 0. The van der Waals surface area contributed by atoms with Gasteiger partial charge in [-0.15, -0.1) is 0 Å². The summed E-state index contributed by atoms with van der Waals surface area (Å²) in [6.45, 7) is 0.810. The quantitative estimate of drug-likeness (QED) is 0.145. The van der Waals surface area contributed by atoms with Crippen LogP contribution >= 0.6 is 0 Å². The SMILES string of the molecule is NCc1c(NC(=O)c2ccc(F)cc2)cccc1-c1ccc(C(N)=O)c2[nH]c3cc(NCc4ccccc4)ccc3c12. The molecule has 1 aromatic heterocycles. The molecule has 8 heteroatoms. The number of amides is 2. The monoisotopic (exact) mass is 557 g/mol. The van der Waals surface area contributed by atoms with E-state index in [4.69, 9.17) is 11.5 Å². The van der Waals surface area contributed by atoms with Gasteiger partial charge in [0.05, 0.1) is 11.1 Å². The molecule has 6 aromatic rings. The number of hydrogen-bond donors (Lipinski definition) is 5. The first kappa shape index (κ1) is 26.7. The van der Waals surface area contributed by atoms with Gasteiger partial charge in [0.15, 0.2) is 0 Å². The van der Waals surface area contributed by atoms with Crippen molar-refractivity contribution in [2.45, 2.75) is 13.1 Å². The van der Waals surface area contributed by atoms with Crippen LogP contribution in [-0.2, 0) is 13.1 Å². The number of primary amides is 1. The van der Waals surface area contributed by atoms with E-state index in [1.54, 1.807) is 12.1 Å². The number of hydrogen-bond acceptors (Lipinski definition) is 4. The normalized spacial score (nSPS) is 11.1. The van der Waals surface area contributed by atoms with E-state index in [2.05, 4.69) is 27.8 Å². The molecule has 6 rings (SSSR count). The number of aromatic nitrogens is 1. The van der Waals surface area contributed by atoms with Gasteiger partial charge in [-0.2, -0.15) is 0 Å². The van der Waals surface area contributed by atoms with Gasteiger partial charge in [-0.05, 0) is 70.8 Å². The van der Waals surface area contributed by atoms with Crippen LogP contribution in [0, 0.1) is 5.82 Å². The molecule has 0 fully saturated rings. The van der Waals surface area contributed by atoms with Crippen molar-refractivity contribution in [3.63, 3.8) is 0 Å². The third kappa shape index (κ3) is 5.07. The molecule has 0 unspecified atom stereocenters. The summed E-state index contributed by atoms with van der Waals surface area (Å²) in [5.74, 6) is -1.34. The van der Waals surface area contributed by atoms with Gasteiger partial charge < -0.3 is 27.1 Å². The van der Waals surface area contributed by atoms with E-state index in [-0.39, 0.29) is 12.5 Å². The molecule has 7 nitrogen and oxygen atoms in total. The number of carbonyl (C=O) groups is 2. The Bertz CT molecular complexity index is 1950. The largest absolute Gasteiger partial charge is 0.381 e. The van der Waals surface area contributed by atoms with Crippen LogP contribution in [0.3, 0.4) is 0 Å². The second kappa shape index (κ2) is 11.2. The van der Waals surface area contributed by atoms with Crippen LogP contribution in [-0.4, -0.2) is 16.8 Å². The average Bonchev–Trinajstić information content (AvgIpc) is 3.39. The maximum absolute atomic E-state index is 13.4. The van der Waals surface area contributed by atoms with E-state index in [1.165, 1.54) is 24.3 Å². The maximum atomic E-state index is 13.4. The number of carbonyl (C=O) groups excluding carboxylic acids is 2. The van der Waals surface area contributed by atoms with Crippen molar-refractivity contribution < 1.29 is 14.0 Å². The lowest BCUT2D eigenvalue weighted by molar-refractivity contribution is 0.0998. The summed E-state index contributed by atoms with van der Waals surface area (Å²) in [4.78, 5) is 28.8. The Labute approximate surface area is 241 Å². The van der Waals surface area contributed by atoms with E-state index in [0.29, 0.717) is 28.9 Å². The highest BCUT2D eigenvalue weighted by Gasteiger charge is 2.20. The molecule has 0 aliphatic carbocycles. The topological polar surface area (TPSA) is 126 Å². The summed E-state index contributed by atoms with van der Waals surface area (Å²) in [6, 6.07) is 30.6. The van der Waals surface area contributed by atoms with Crippen LogP contribution in [0.5, 0.6) is 0 Å². The Morgan fingerprint density at radius 3 is 2.36 bits per heavy atom. The lowest BCUT2D eigenvalue weighted by atomic mass is 9.92. The van der Waals surface area contributed by atoms with E-state index in [0.717, 1.165) is 44.2 Å². The highest BCUT2D eigenvalue weighted by atomic mass is 19.1. The fourth-order valence-electron chi connectivity index (χ4n) is 5.32. The van der Waals surface area contributed by atoms with Crippen molar-refractivity contribution in [1.29, 1.82) is 0 Å². The number of halogens is 1. The number of H-pyrrole nitrogens is 1. The molecular weight excluding hydrogens is 529 g/mol. The van der Waals surface area contributed by atoms with E-state index < -0.39 is 11.7 Å². The van der Waals surface area contributed by atoms with Crippen molar-refractivity contribution in [2.24, 2.45) is 11.5 Å². The molecule has 0 aliphatic heterocycles. The molecule has 7 N–H and O–H groups in total. The molecular formula is C34H28FN5O2. The summed E-state index contributed by atoms with van der Waals surface area (Å²) in [7, 11) is 0. The van der Waals surface area contributed by atoms with Gasteiger partial charge in [0.2, 0.25) is 0 Å². The zero-order valence-electron chi connectivity index (χ0n) is 22.6. The first-order chi connectivity index (χ1) is 20.4. The number of rotatable bonds is 8. The molecule has 0 bridgehead atoms. The molecule has 208 valence electrons. The number of anilines is 2. The smallest absolute Gasteiger partial charge is 0.255 e. The zero-order chi connectivity index (χ0) is 29.2. The van der Waals surface area contributed by atoms with Gasteiger partial charge in [0.25, 0.3) is 11.8 Å². The minimum Gasteiger partial charge on any atom is -0.381 e. The number of nitrogens with one attached hydrogen (secondary N) is 3. The first-order valence-corrected chi connectivity index (χ1v) is 13.5. The van der Waals surface area contributed by atoms with Gasteiger partial charge in [-0.3, -0.25) is 9.59 Å². The molecule has 42 heavy (non-hydrogen) atoms. The van der Waals surface area contributed by atoms with Gasteiger partial charge >= 0.3 is 0 Å². The van der Waals surface area contributed by atoms with Gasteiger partial charge in [-0.25, -0.2) is 4.39 Å². The minimum absolute atomic E-state index is 0.143. The number of aromatic amines is 1. The van der Waals surface area contributed by atoms with Crippen molar-refractivity contribution in [3.05, 3.63) is 131 Å². The Morgan fingerprint density at radius 2 is 1.62 bits per heavy atom. The minimum atomic E-state index is -0.542. The standard InChI is InChI=1S/C34H28FN5O2/c35-22-11-9-21(10-12-22)34(42)40-29-8-4-7-24(28(29)18-36)25-15-16-27(33(37)41)32-31(25)26-14-13-23(17-30(26)39-32)38-19-20-5-2-1-3-6-20/h1-17,38-39H,18-19,36H2,(H2,37,41)(H,40,42). The Morgan fingerprint density at radius 1 is 0.833 bits per heavy atom. The first-order valence-electron chi connectivity index (χ1n) is 13.5. The van der Waals surface area contributed by atoms with E-state index in [1.807, 2.05) is 54.6 Å². The van der Waals surface area contributed by atoms with E-state index >= 15 is 0 Å². The van der Waals surface area contributed by atoms with Crippen LogP contribution < -0.4 is 22.1 Å². The molecule has 0 saturated carbocycles. The number of benzene rings is 5. The predicted octanol–water partition coefficient (Wildman–Crippen LogP) is 6.55. The fraction of sp³-hybridized carbons (Fsp3) is 0.0588. The lowest BCUT2D eigenvalue weighted by Crippen LogP contribution is -2.15. The van der Waals surface area contributed by atoms with E-state index in [9.17, 15) is 14.0 Å². The molecule has 0 spiro atoms. The van der Waals surface area contributed by atoms with Crippen LogP contribution in [0.1, 0.15) is 31.8 Å². The Hall–Kier alpha value is -5.47. The summed E-state index contributed by atoms with van der Waals surface area (Å²) in [6.07, 6.45) is 0. The maximum Gasteiger partial charge on any atom is 0.255 e. The summed E-state index contributed by atoms with van der Waals surface area (Å²) in [5, 5.41) is 8.11. The van der Waals surface area contributed by atoms with Crippen molar-refractivity contribution in [3.8, 4) is 11.1 Å². The fourth-order valence-corrected chi connectivity index (χ4v) is 5.32. The lowest BCUT2D eigenvalue weighted by Gasteiger charge is -2.16. The van der Waals surface area contributed by atoms with Crippen molar-refractivity contribution >= 4 is 45.0 Å². The second-order valence-electron chi connectivity index (χ2n) is 10.00. The van der Waals surface area contributed by atoms with Crippen LogP contribution in [0.2, 0.25) is 0 Å². The molecule has 2 amide bonds. The molecule has 0 saturated heterocycles. The predicted molar refractivity (Wildman–Crippen MR) is 166 cm³/mol. The van der Waals surface area contributed by atoms with Crippen molar-refractivity contribution in [2.75, 3.05) is 10.6 Å². The zero-order valence-corrected chi connectivity index (χ0v) is 22.6. The highest BCUT2D eigenvalue weighted by molar-refractivity contribution is 6.20. The van der Waals surface area contributed by atoms with Crippen LogP contribution in [0.15, 0.2) is 103 Å². The van der Waals surface area contributed by atoms with Crippen LogP contribution in [0.4, 0.5) is 15.8 Å². The molecule has 0 aliphatic rings. The second-order valence-corrected chi connectivity index (χ2v) is 10.00. The third-order valence-electron chi connectivity index (χ3n) is 7.38. The van der Waals surface area contributed by atoms with Gasteiger partial charge in [0.1, 0.15) is 5.82 Å². The van der Waals surface area contributed by atoms with Gasteiger partial charge in [-0.1, -0.05) is 54.6 Å². The average molecular weight is 558 g/mol. The Kier molecular flexibility index (Phi) is 7.12. The highest BCUT2D eigenvalue weighted by Crippen LogP contribution is 2.40. The molecule has 0 radical (unpaired) electrons. The molecule has 1 heterocycles. The molecule has 5 aromatic carbocycles. The summed E-state index contributed by atoms with van der Waals surface area (Å²) < 4.78 is 13.4. The number of fused-ring (bicyclic) bond motifs is 3. The third-order valence-corrected chi connectivity index (χ3v) is 7.38. The Balaban J connectivity index is 1.44. The number of nitrogens with two attached hydrogens (primary N) is 2. The van der Waals surface area contributed by atoms with Crippen LogP contribution in [0.25, 0.3) is 32.9 Å². The summed E-state index contributed by atoms with van der Waals surface area (Å²) in [5.41, 5.74) is 19.2.